The van der Waals surface area contributed by atoms with Crippen LogP contribution in [0.4, 0.5) is 0 Å². The summed E-state index contributed by atoms with van der Waals surface area (Å²) in [5.41, 5.74) is 1.17. The molecule has 0 radical (unpaired) electrons. The zero-order valence-electron chi connectivity index (χ0n) is 13.4. The Kier molecular flexibility index (Phi) is 6.40. The maximum absolute atomic E-state index is 11.0. The molecule has 0 spiro atoms. The van der Waals surface area contributed by atoms with E-state index in [0.717, 1.165) is 25.7 Å². The van der Waals surface area contributed by atoms with E-state index in [9.17, 15) is 4.79 Å². The molecule has 1 aromatic carbocycles. The third-order valence-corrected chi connectivity index (χ3v) is 4.40. The fourth-order valence-electron chi connectivity index (χ4n) is 2.87. The zero-order chi connectivity index (χ0) is 15.9. The van der Waals surface area contributed by atoms with Crippen molar-refractivity contribution in [2.45, 2.75) is 64.4 Å². The SMILES string of the molecule is CC[C@H](C[C@H]1CC[C@@H]([C@H](C)C(=O)O)O1)OCc1ccccc1. The highest BCUT2D eigenvalue weighted by Gasteiger charge is 2.33. The molecule has 1 aliphatic rings. The molecule has 0 amide bonds. The second-order valence-electron chi connectivity index (χ2n) is 6.06. The summed E-state index contributed by atoms with van der Waals surface area (Å²) in [7, 11) is 0. The maximum atomic E-state index is 11.0. The second-order valence-corrected chi connectivity index (χ2v) is 6.06. The molecule has 122 valence electrons. The van der Waals surface area contributed by atoms with Crippen molar-refractivity contribution in [2.24, 2.45) is 5.92 Å². The summed E-state index contributed by atoms with van der Waals surface area (Å²) in [6.07, 6.45) is 3.64. The van der Waals surface area contributed by atoms with Gasteiger partial charge >= 0.3 is 5.97 Å². The van der Waals surface area contributed by atoms with Gasteiger partial charge in [-0.15, -0.1) is 0 Å². The third-order valence-electron chi connectivity index (χ3n) is 4.40. The smallest absolute Gasteiger partial charge is 0.308 e. The fourth-order valence-corrected chi connectivity index (χ4v) is 2.87. The van der Waals surface area contributed by atoms with Gasteiger partial charge in [0.05, 0.1) is 30.8 Å². The molecule has 1 heterocycles. The molecule has 4 nitrogen and oxygen atoms in total. The number of carboxylic acids is 1. The molecule has 1 N–H and O–H groups in total. The second kappa shape index (κ2) is 8.30. The lowest BCUT2D eigenvalue weighted by Gasteiger charge is -2.21. The molecular weight excluding hydrogens is 280 g/mol. The van der Waals surface area contributed by atoms with Gasteiger partial charge in [-0.25, -0.2) is 0 Å². The lowest BCUT2D eigenvalue weighted by atomic mass is 10.0. The summed E-state index contributed by atoms with van der Waals surface area (Å²) in [6, 6.07) is 10.1. The number of hydrogen-bond acceptors (Lipinski definition) is 3. The molecule has 22 heavy (non-hydrogen) atoms. The topological polar surface area (TPSA) is 55.8 Å². The molecule has 2 rings (SSSR count). The van der Waals surface area contributed by atoms with Gasteiger partial charge in [0, 0.05) is 0 Å². The van der Waals surface area contributed by atoms with Crippen molar-refractivity contribution >= 4 is 5.97 Å². The Morgan fingerprint density at radius 1 is 1.36 bits per heavy atom. The first-order valence-corrected chi connectivity index (χ1v) is 8.14. The predicted molar refractivity (Wildman–Crippen MR) is 84.6 cm³/mol. The van der Waals surface area contributed by atoms with Crippen molar-refractivity contribution in [1.82, 2.24) is 0 Å². The van der Waals surface area contributed by atoms with Crippen LogP contribution in [-0.2, 0) is 20.9 Å². The monoisotopic (exact) mass is 306 g/mol. The Morgan fingerprint density at radius 3 is 2.73 bits per heavy atom. The van der Waals surface area contributed by atoms with Crippen LogP contribution in [0.2, 0.25) is 0 Å². The van der Waals surface area contributed by atoms with E-state index >= 15 is 0 Å². The summed E-state index contributed by atoms with van der Waals surface area (Å²) in [4.78, 5) is 11.0. The van der Waals surface area contributed by atoms with Crippen molar-refractivity contribution in [2.75, 3.05) is 0 Å². The predicted octanol–water partition coefficient (Wildman–Crippen LogP) is 3.64. The van der Waals surface area contributed by atoms with E-state index in [1.165, 1.54) is 5.56 Å². The highest BCUT2D eigenvalue weighted by atomic mass is 16.5. The molecule has 0 aromatic heterocycles. The van der Waals surface area contributed by atoms with E-state index in [1.807, 2.05) is 18.2 Å². The minimum absolute atomic E-state index is 0.118. The van der Waals surface area contributed by atoms with Crippen LogP contribution in [0.25, 0.3) is 0 Å². The van der Waals surface area contributed by atoms with Crippen molar-refractivity contribution in [3.8, 4) is 0 Å². The molecule has 0 saturated carbocycles. The first-order chi connectivity index (χ1) is 10.6. The number of ether oxygens (including phenoxy) is 2. The Balaban J connectivity index is 1.77. The highest BCUT2D eigenvalue weighted by molar-refractivity contribution is 5.70. The summed E-state index contributed by atoms with van der Waals surface area (Å²) in [6.45, 7) is 4.45. The van der Waals surface area contributed by atoms with Gasteiger partial charge in [0.2, 0.25) is 0 Å². The molecule has 0 aliphatic carbocycles. The molecule has 0 bridgehead atoms. The Bertz CT molecular complexity index is 459. The number of benzene rings is 1. The van der Waals surface area contributed by atoms with Gasteiger partial charge in [0.25, 0.3) is 0 Å². The fraction of sp³-hybridized carbons (Fsp3) is 0.611. The van der Waals surface area contributed by atoms with Gasteiger partial charge in [-0.1, -0.05) is 37.3 Å². The van der Waals surface area contributed by atoms with Crippen LogP contribution in [0.1, 0.15) is 45.1 Å². The Labute approximate surface area is 132 Å². The zero-order valence-corrected chi connectivity index (χ0v) is 13.4. The summed E-state index contributed by atoms with van der Waals surface area (Å²) >= 11 is 0. The normalized spacial score (nSPS) is 24.1. The van der Waals surface area contributed by atoms with Crippen LogP contribution < -0.4 is 0 Å². The Morgan fingerprint density at radius 2 is 2.09 bits per heavy atom. The van der Waals surface area contributed by atoms with Crippen molar-refractivity contribution < 1.29 is 19.4 Å². The van der Waals surface area contributed by atoms with Crippen molar-refractivity contribution in [3.63, 3.8) is 0 Å². The van der Waals surface area contributed by atoms with Gasteiger partial charge < -0.3 is 14.6 Å². The van der Waals surface area contributed by atoms with E-state index in [2.05, 4.69) is 19.1 Å². The number of rotatable bonds is 8. The molecule has 1 fully saturated rings. The average molecular weight is 306 g/mol. The number of carbonyl (C=O) groups is 1. The number of hydrogen-bond donors (Lipinski definition) is 1. The van der Waals surface area contributed by atoms with Gasteiger partial charge in [-0.05, 0) is 38.2 Å². The lowest BCUT2D eigenvalue weighted by molar-refractivity contribution is -0.146. The first kappa shape index (κ1) is 17.0. The van der Waals surface area contributed by atoms with E-state index in [-0.39, 0.29) is 18.3 Å². The first-order valence-electron chi connectivity index (χ1n) is 8.14. The van der Waals surface area contributed by atoms with Crippen molar-refractivity contribution in [1.29, 1.82) is 0 Å². The van der Waals surface area contributed by atoms with Gasteiger partial charge in [0.15, 0.2) is 0 Å². The van der Waals surface area contributed by atoms with E-state index in [4.69, 9.17) is 14.6 Å². The standard InChI is InChI=1S/C18H26O4/c1-3-15(21-12-14-7-5-4-6-8-14)11-16-9-10-17(22-16)13(2)18(19)20/h4-8,13,15-17H,3,9-12H2,1-2H3,(H,19,20)/t13-,15+,16+,17-/m0/s1. The number of aliphatic carboxylic acids is 1. The quantitative estimate of drug-likeness (QED) is 0.796. The largest absolute Gasteiger partial charge is 0.481 e. The minimum atomic E-state index is -0.780. The highest BCUT2D eigenvalue weighted by Crippen LogP contribution is 2.29. The van der Waals surface area contributed by atoms with Crippen LogP contribution in [0.5, 0.6) is 0 Å². The van der Waals surface area contributed by atoms with Crippen LogP contribution in [-0.4, -0.2) is 29.4 Å². The summed E-state index contributed by atoms with van der Waals surface area (Å²) < 4.78 is 11.9. The third kappa shape index (κ3) is 4.82. The molecule has 1 aliphatic heterocycles. The van der Waals surface area contributed by atoms with Crippen LogP contribution >= 0.6 is 0 Å². The molecule has 4 atom stereocenters. The molecular formula is C18H26O4. The van der Waals surface area contributed by atoms with E-state index in [1.54, 1.807) is 6.92 Å². The lowest BCUT2D eigenvalue weighted by Crippen LogP contribution is -2.27. The molecule has 1 aromatic rings. The molecule has 1 saturated heterocycles. The van der Waals surface area contributed by atoms with Gasteiger partial charge in [-0.2, -0.15) is 0 Å². The Hall–Kier alpha value is -1.39. The average Bonchev–Trinajstić information content (AvgIpc) is 3.00. The van der Waals surface area contributed by atoms with E-state index in [0.29, 0.717) is 6.61 Å². The summed E-state index contributed by atoms with van der Waals surface area (Å²) in [5.74, 6) is -1.21. The van der Waals surface area contributed by atoms with Crippen LogP contribution in [0.3, 0.4) is 0 Å². The number of carboxylic acid groups (broad SMARTS) is 1. The maximum Gasteiger partial charge on any atom is 0.308 e. The van der Waals surface area contributed by atoms with Crippen molar-refractivity contribution in [3.05, 3.63) is 35.9 Å². The van der Waals surface area contributed by atoms with Crippen LogP contribution in [0.15, 0.2) is 30.3 Å². The van der Waals surface area contributed by atoms with Gasteiger partial charge in [0.1, 0.15) is 0 Å². The summed E-state index contributed by atoms with van der Waals surface area (Å²) in [5, 5.41) is 9.06. The van der Waals surface area contributed by atoms with Crippen LogP contribution in [0, 0.1) is 5.92 Å². The molecule has 0 unspecified atom stereocenters. The van der Waals surface area contributed by atoms with Gasteiger partial charge in [-0.3, -0.25) is 4.79 Å². The minimum Gasteiger partial charge on any atom is -0.481 e. The molecule has 4 heteroatoms. The van der Waals surface area contributed by atoms with E-state index < -0.39 is 11.9 Å².